The van der Waals surface area contributed by atoms with Crippen molar-refractivity contribution in [1.29, 1.82) is 0 Å². The second-order valence-corrected chi connectivity index (χ2v) is 2.16. The van der Waals surface area contributed by atoms with Crippen molar-refractivity contribution in [2.24, 2.45) is 0 Å². The zero-order valence-corrected chi connectivity index (χ0v) is 5.06. The zero-order chi connectivity index (χ0) is 5.91. The SMILES string of the molecule is C[N+](C)(C)OC[OH2+]. The molecule has 0 saturated carbocycles. The lowest BCUT2D eigenvalue weighted by atomic mass is 10.9. The summed E-state index contributed by atoms with van der Waals surface area (Å²) in [7, 11) is 5.61. The largest absolute Gasteiger partial charge is 0.420 e. The summed E-state index contributed by atoms with van der Waals surface area (Å²) >= 11 is 0. The van der Waals surface area contributed by atoms with Gasteiger partial charge in [0.2, 0.25) is 0 Å². The second kappa shape index (κ2) is 2.26. The average molecular weight is 107 g/mol. The predicted octanol–water partition coefficient (Wildman–Crippen LogP) is -0.694. The molecule has 0 radical (unpaired) electrons. The van der Waals surface area contributed by atoms with Crippen molar-refractivity contribution in [2.75, 3.05) is 27.9 Å². The van der Waals surface area contributed by atoms with Crippen molar-refractivity contribution in [3.63, 3.8) is 0 Å². The molecule has 0 aliphatic rings. The molecule has 0 saturated heterocycles. The minimum absolute atomic E-state index is 0.0312. The van der Waals surface area contributed by atoms with Gasteiger partial charge in [-0.2, -0.15) is 4.65 Å². The Morgan fingerprint density at radius 3 is 1.86 bits per heavy atom. The molecule has 7 heavy (non-hydrogen) atoms. The molecule has 0 spiro atoms. The summed E-state index contributed by atoms with van der Waals surface area (Å²) in [5, 5.41) is 6.62. The molecule has 0 heterocycles. The molecule has 0 aliphatic carbocycles. The molecule has 0 rings (SSSR count). The third kappa shape index (κ3) is 5.88. The normalized spacial score (nSPS) is 12.0. The van der Waals surface area contributed by atoms with Gasteiger partial charge in [0.15, 0.2) is 0 Å². The smallest absolute Gasteiger partial charge is 0.302 e. The summed E-state index contributed by atoms with van der Waals surface area (Å²) in [6, 6.07) is 0. The Hall–Kier alpha value is -0.120. The molecule has 0 atom stereocenters. The fourth-order valence-corrected chi connectivity index (χ4v) is 0.194. The molecular weight excluding hydrogens is 94.0 g/mol. The molecule has 3 heteroatoms. The quantitative estimate of drug-likeness (QED) is 0.199. The Bertz CT molecular complexity index is 48.1. The van der Waals surface area contributed by atoms with Gasteiger partial charge >= 0.3 is 6.79 Å². The molecule has 2 N–H and O–H groups in total. The molecule has 3 nitrogen and oxygen atoms in total. The summed E-state index contributed by atoms with van der Waals surface area (Å²) in [5.41, 5.74) is 0. The minimum Gasteiger partial charge on any atom is -0.420 e. The van der Waals surface area contributed by atoms with E-state index in [9.17, 15) is 0 Å². The Morgan fingerprint density at radius 1 is 1.43 bits per heavy atom. The van der Waals surface area contributed by atoms with Crippen LogP contribution in [0.3, 0.4) is 0 Å². The van der Waals surface area contributed by atoms with Crippen LogP contribution in [0.25, 0.3) is 0 Å². The maximum Gasteiger partial charge on any atom is 0.302 e. The number of rotatable bonds is 2. The Morgan fingerprint density at radius 2 is 1.86 bits per heavy atom. The van der Waals surface area contributed by atoms with Gasteiger partial charge in [0.1, 0.15) is 0 Å². The number of nitrogens with zero attached hydrogens (tertiary/aromatic N) is 1. The number of hydroxylamine groups is 3. The summed E-state index contributed by atoms with van der Waals surface area (Å²) in [4.78, 5) is 4.83. The van der Waals surface area contributed by atoms with E-state index in [1.807, 2.05) is 21.1 Å². The van der Waals surface area contributed by atoms with Crippen LogP contribution in [0.1, 0.15) is 0 Å². The van der Waals surface area contributed by atoms with Crippen LogP contribution in [0, 0.1) is 0 Å². The first-order valence-corrected chi connectivity index (χ1v) is 2.17. The Balaban J connectivity index is 3.15. The summed E-state index contributed by atoms with van der Waals surface area (Å²) < 4.78 is 0.406. The van der Waals surface area contributed by atoms with E-state index in [4.69, 9.17) is 9.94 Å². The fourth-order valence-electron chi connectivity index (χ4n) is 0.194. The first-order chi connectivity index (χ1) is 3.06. The zero-order valence-electron chi connectivity index (χ0n) is 5.06. The molecule has 0 amide bonds. The van der Waals surface area contributed by atoms with Gasteiger partial charge in [-0.05, 0) is 0 Å². The van der Waals surface area contributed by atoms with Crippen molar-refractivity contribution >= 4 is 0 Å². The van der Waals surface area contributed by atoms with Crippen LogP contribution in [-0.4, -0.2) is 37.7 Å². The second-order valence-electron chi connectivity index (χ2n) is 2.16. The number of quaternary nitrogens is 1. The highest BCUT2D eigenvalue weighted by atomic mass is 16.8. The molecule has 44 valence electrons. The molecular formula is C4H13NO2+2. The van der Waals surface area contributed by atoms with Crippen molar-refractivity contribution < 1.29 is 14.6 Å². The van der Waals surface area contributed by atoms with E-state index < -0.39 is 0 Å². The lowest BCUT2D eigenvalue weighted by Crippen LogP contribution is -2.34. The van der Waals surface area contributed by atoms with Gasteiger partial charge in [-0.3, -0.25) is 0 Å². The Kier molecular flexibility index (Phi) is 2.22. The average Bonchev–Trinajstić information content (AvgIpc) is 1.30. The van der Waals surface area contributed by atoms with E-state index in [0.717, 1.165) is 0 Å². The first kappa shape index (κ1) is 6.88. The fraction of sp³-hybridized carbons (Fsp3) is 1.00. The predicted molar refractivity (Wildman–Crippen MR) is 27.6 cm³/mol. The van der Waals surface area contributed by atoms with Gasteiger partial charge < -0.3 is 5.11 Å². The third-order valence-electron chi connectivity index (χ3n) is 0.452. The van der Waals surface area contributed by atoms with Gasteiger partial charge in [-0.1, -0.05) is 0 Å². The molecule has 0 aliphatic heterocycles. The lowest BCUT2D eigenvalue weighted by Gasteiger charge is -2.16. The van der Waals surface area contributed by atoms with Crippen LogP contribution in [0.15, 0.2) is 0 Å². The highest BCUT2D eigenvalue weighted by Crippen LogP contribution is 1.87. The third-order valence-corrected chi connectivity index (χ3v) is 0.452. The van der Waals surface area contributed by atoms with E-state index in [2.05, 4.69) is 0 Å². The molecule has 0 bridgehead atoms. The monoisotopic (exact) mass is 107 g/mol. The number of hydrogen-bond acceptors (Lipinski definition) is 1. The van der Waals surface area contributed by atoms with E-state index in [-0.39, 0.29) is 6.79 Å². The summed E-state index contributed by atoms with van der Waals surface area (Å²) in [6.07, 6.45) is 0. The maximum absolute atomic E-state index is 6.62. The van der Waals surface area contributed by atoms with E-state index in [0.29, 0.717) is 4.65 Å². The summed E-state index contributed by atoms with van der Waals surface area (Å²) in [5.74, 6) is 0. The van der Waals surface area contributed by atoms with Crippen molar-refractivity contribution in [3.05, 3.63) is 0 Å². The Labute approximate surface area is 43.7 Å². The molecule has 0 unspecified atom stereocenters. The maximum atomic E-state index is 6.62. The van der Waals surface area contributed by atoms with Crippen LogP contribution in [0.4, 0.5) is 0 Å². The highest BCUT2D eigenvalue weighted by Gasteiger charge is 2.06. The minimum atomic E-state index is 0.0312. The van der Waals surface area contributed by atoms with Crippen LogP contribution in [0.2, 0.25) is 0 Å². The standard InChI is InChI=1S/C4H12NO2/c1-5(2,3)7-4-6/h6H,4H2,1-3H3/q+1/p+1. The van der Waals surface area contributed by atoms with Crippen LogP contribution in [0.5, 0.6) is 0 Å². The molecule has 0 aromatic carbocycles. The van der Waals surface area contributed by atoms with Crippen molar-refractivity contribution in [2.45, 2.75) is 0 Å². The van der Waals surface area contributed by atoms with Gasteiger partial charge in [0.05, 0.1) is 21.1 Å². The van der Waals surface area contributed by atoms with Crippen LogP contribution in [-0.2, 0) is 4.84 Å². The van der Waals surface area contributed by atoms with Crippen LogP contribution >= 0.6 is 0 Å². The van der Waals surface area contributed by atoms with E-state index in [1.54, 1.807) is 0 Å². The van der Waals surface area contributed by atoms with E-state index in [1.165, 1.54) is 0 Å². The molecule has 0 aromatic heterocycles. The van der Waals surface area contributed by atoms with E-state index >= 15 is 0 Å². The topological polar surface area (TPSA) is 32.1 Å². The van der Waals surface area contributed by atoms with Gasteiger partial charge in [-0.15, -0.1) is 4.84 Å². The molecule has 0 aromatic rings. The highest BCUT2D eigenvalue weighted by molar-refractivity contribution is 3.82. The molecule has 0 fully saturated rings. The van der Waals surface area contributed by atoms with Crippen molar-refractivity contribution in [3.8, 4) is 0 Å². The van der Waals surface area contributed by atoms with Crippen molar-refractivity contribution in [1.82, 2.24) is 0 Å². The van der Waals surface area contributed by atoms with Gasteiger partial charge in [-0.25, -0.2) is 0 Å². The summed E-state index contributed by atoms with van der Waals surface area (Å²) in [6.45, 7) is 0.0312. The number of hydrogen-bond donors (Lipinski definition) is 0. The van der Waals surface area contributed by atoms with Crippen LogP contribution < -0.4 is 0 Å². The lowest BCUT2D eigenvalue weighted by molar-refractivity contribution is -1.07. The van der Waals surface area contributed by atoms with Gasteiger partial charge in [0, 0.05) is 0 Å². The van der Waals surface area contributed by atoms with Gasteiger partial charge in [0.25, 0.3) is 0 Å². The first-order valence-electron chi connectivity index (χ1n) is 2.17.